The molecule has 0 atom stereocenters. The van der Waals surface area contributed by atoms with E-state index >= 15 is 0 Å². The molecule has 1 heterocycles. The smallest absolute Gasteiger partial charge is 0.426 e. The van der Waals surface area contributed by atoms with E-state index in [9.17, 15) is 15.0 Å². The highest BCUT2D eigenvalue weighted by molar-refractivity contribution is 5.80. The van der Waals surface area contributed by atoms with E-state index in [1.54, 1.807) is 0 Å². The van der Waals surface area contributed by atoms with Crippen LogP contribution < -0.4 is 5.43 Å². The van der Waals surface area contributed by atoms with E-state index in [1.807, 2.05) is 36.4 Å². The van der Waals surface area contributed by atoms with Crippen LogP contribution in [0, 0.1) is 0 Å². The van der Waals surface area contributed by atoms with Gasteiger partial charge in [-0.15, -0.1) is 0 Å². The van der Waals surface area contributed by atoms with Crippen molar-refractivity contribution >= 4 is 6.09 Å². The fourth-order valence-corrected chi connectivity index (χ4v) is 3.25. The van der Waals surface area contributed by atoms with Crippen LogP contribution in [0.25, 0.3) is 11.1 Å². The zero-order chi connectivity index (χ0) is 17.4. The Morgan fingerprint density at radius 2 is 1.44 bits per heavy atom. The minimum absolute atomic E-state index is 0.0509. The van der Waals surface area contributed by atoms with Crippen LogP contribution in [0.5, 0.6) is 11.8 Å². The van der Waals surface area contributed by atoms with Crippen molar-refractivity contribution in [2.24, 2.45) is 0 Å². The number of carbonyl (C=O) groups excluding carboxylic acids is 1. The van der Waals surface area contributed by atoms with E-state index < -0.39 is 6.09 Å². The van der Waals surface area contributed by atoms with E-state index in [0.717, 1.165) is 26.9 Å². The predicted molar refractivity (Wildman–Crippen MR) is 92.2 cm³/mol. The molecule has 0 saturated carbocycles. The van der Waals surface area contributed by atoms with Gasteiger partial charge in [0.1, 0.15) is 6.61 Å². The number of nitrogens with zero attached hydrogens (tertiary/aromatic N) is 1. The highest BCUT2D eigenvalue weighted by Gasteiger charge is 2.29. The van der Waals surface area contributed by atoms with Gasteiger partial charge in [0, 0.05) is 18.1 Å². The van der Waals surface area contributed by atoms with Gasteiger partial charge >= 0.3 is 6.09 Å². The summed E-state index contributed by atoms with van der Waals surface area (Å²) in [6.07, 6.45) is -0.760. The molecule has 126 valence electrons. The number of nitrogens with one attached hydrogen (secondary N) is 1. The Morgan fingerprint density at radius 3 is 2.00 bits per heavy atom. The standard InChI is InChI=1S/C19H16N2O4/c22-17-9-10-18(23)21(17)20-19(24)25-11-16-14-7-3-1-5-12(14)13-6-2-4-8-15(13)16/h1-10,16,22-23H,11H2,(H,20,24). The van der Waals surface area contributed by atoms with Gasteiger partial charge in [0.2, 0.25) is 11.8 Å². The third-order valence-corrected chi connectivity index (χ3v) is 4.39. The third-order valence-electron chi connectivity index (χ3n) is 4.39. The number of hydrogen-bond acceptors (Lipinski definition) is 4. The summed E-state index contributed by atoms with van der Waals surface area (Å²) < 4.78 is 6.18. The van der Waals surface area contributed by atoms with Gasteiger partial charge in [0.05, 0.1) is 0 Å². The van der Waals surface area contributed by atoms with Gasteiger partial charge in [0.25, 0.3) is 0 Å². The number of ether oxygens (including phenoxy) is 1. The summed E-state index contributed by atoms with van der Waals surface area (Å²) in [7, 11) is 0. The number of aromatic hydroxyl groups is 2. The van der Waals surface area contributed by atoms with Gasteiger partial charge < -0.3 is 14.9 Å². The molecule has 1 amide bonds. The largest absolute Gasteiger partial charge is 0.493 e. The zero-order valence-corrected chi connectivity index (χ0v) is 13.2. The Balaban J connectivity index is 1.52. The lowest BCUT2D eigenvalue weighted by Gasteiger charge is -2.15. The van der Waals surface area contributed by atoms with Gasteiger partial charge in [-0.25, -0.2) is 10.2 Å². The maximum Gasteiger partial charge on any atom is 0.426 e. The average Bonchev–Trinajstić information content (AvgIpc) is 3.12. The van der Waals surface area contributed by atoms with Gasteiger partial charge in [-0.05, 0) is 22.3 Å². The van der Waals surface area contributed by atoms with Crippen LogP contribution in [0.15, 0.2) is 60.7 Å². The fraction of sp³-hybridized carbons (Fsp3) is 0.105. The van der Waals surface area contributed by atoms with Crippen LogP contribution in [0.3, 0.4) is 0 Å². The van der Waals surface area contributed by atoms with Crippen LogP contribution in [0.4, 0.5) is 4.79 Å². The van der Waals surface area contributed by atoms with Crippen molar-refractivity contribution in [3.63, 3.8) is 0 Å². The molecule has 0 fully saturated rings. The van der Waals surface area contributed by atoms with Gasteiger partial charge in [0.15, 0.2) is 0 Å². The lowest BCUT2D eigenvalue weighted by Crippen LogP contribution is -2.24. The maximum absolute atomic E-state index is 12.0. The van der Waals surface area contributed by atoms with Crippen molar-refractivity contribution in [2.75, 3.05) is 12.0 Å². The van der Waals surface area contributed by atoms with Gasteiger partial charge in [-0.1, -0.05) is 48.5 Å². The first-order valence-electron chi connectivity index (χ1n) is 7.87. The molecule has 6 heteroatoms. The number of aromatic nitrogens is 1. The van der Waals surface area contributed by atoms with E-state index in [0.29, 0.717) is 0 Å². The second-order valence-corrected chi connectivity index (χ2v) is 5.82. The van der Waals surface area contributed by atoms with Crippen molar-refractivity contribution < 1.29 is 19.7 Å². The van der Waals surface area contributed by atoms with E-state index in [4.69, 9.17) is 4.74 Å². The maximum atomic E-state index is 12.0. The number of amides is 1. The van der Waals surface area contributed by atoms with Crippen LogP contribution in [0.1, 0.15) is 17.0 Å². The zero-order valence-electron chi connectivity index (χ0n) is 13.2. The van der Waals surface area contributed by atoms with Crippen molar-refractivity contribution in [3.8, 4) is 22.9 Å². The monoisotopic (exact) mass is 336 g/mol. The lowest BCUT2D eigenvalue weighted by molar-refractivity contribution is 0.153. The Kier molecular flexibility index (Phi) is 3.57. The predicted octanol–water partition coefficient (Wildman–Crippen LogP) is 3.39. The molecular weight excluding hydrogens is 320 g/mol. The molecule has 0 radical (unpaired) electrons. The first-order chi connectivity index (χ1) is 12.1. The molecule has 0 spiro atoms. The number of benzene rings is 2. The average molecular weight is 336 g/mol. The first kappa shape index (κ1) is 15.1. The topological polar surface area (TPSA) is 83.7 Å². The molecular formula is C19H16N2O4. The summed E-state index contributed by atoms with van der Waals surface area (Å²) >= 11 is 0. The second-order valence-electron chi connectivity index (χ2n) is 5.82. The highest BCUT2D eigenvalue weighted by atomic mass is 16.6. The molecule has 6 nitrogen and oxygen atoms in total. The molecule has 0 bridgehead atoms. The SMILES string of the molecule is O=C(Nn1c(O)ccc1O)OCC1c2ccccc2-c2ccccc21. The molecule has 2 aromatic carbocycles. The van der Waals surface area contributed by atoms with E-state index in [-0.39, 0.29) is 24.3 Å². The molecule has 1 aromatic heterocycles. The molecule has 3 N–H and O–H groups in total. The first-order valence-corrected chi connectivity index (χ1v) is 7.87. The second kappa shape index (κ2) is 5.90. The molecule has 3 aromatic rings. The summed E-state index contributed by atoms with van der Waals surface area (Å²) in [6, 6.07) is 18.6. The van der Waals surface area contributed by atoms with Gasteiger partial charge in [-0.3, -0.25) is 0 Å². The number of carbonyl (C=O) groups is 1. The number of fused-ring (bicyclic) bond motifs is 3. The minimum Gasteiger partial charge on any atom is -0.493 e. The molecule has 25 heavy (non-hydrogen) atoms. The highest BCUT2D eigenvalue weighted by Crippen LogP contribution is 2.44. The normalized spacial score (nSPS) is 12.5. The Morgan fingerprint density at radius 1 is 0.920 bits per heavy atom. The van der Waals surface area contributed by atoms with Crippen LogP contribution >= 0.6 is 0 Å². The summed E-state index contributed by atoms with van der Waals surface area (Å²) in [5, 5.41) is 19.1. The Bertz CT molecular complexity index is 883. The summed E-state index contributed by atoms with van der Waals surface area (Å²) in [6.45, 7) is 0.155. The summed E-state index contributed by atoms with van der Waals surface area (Å²) in [4.78, 5) is 12.0. The molecule has 1 aliphatic carbocycles. The van der Waals surface area contributed by atoms with E-state index in [1.165, 1.54) is 12.1 Å². The lowest BCUT2D eigenvalue weighted by atomic mass is 9.98. The molecule has 4 rings (SSSR count). The summed E-state index contributed by atoms with van der Waals surface area (Å²) in [5.41, 5.74) is 6.81. The molecule has 0 aliphatic heterocycles. The minimum atomic E-state index is -0.760. The molecule has 0 unspecified atom stereocenters. The van der Waals surface area contributed by atoms with Crippen LogP contribution in [-0.4, -0.2) is 27.6 Å². The quantitative estimate of drug-likeness (QED) is 0.684. The summed E-state index contributed by atoms with van der Waals surface area (Å²) in [5.74, 6) is -0.623. The van der Waals surface area contributed by atoms with E-state index in [2.05, 4.69) is 17.6 Å². The van der Waals surface area contributed by atoms with Crippen molar-refractivity contribution in [1.29, 1.82) is 0 Å². The third kappa shape index (κ3) is 2.57. The molecule has 1 aliphatic rings. The van der Waals surface area contributed by atoms with Crippen molar-refractivity contribution in [1.82, 2.24) is 4.68 Å². The van der Waals surface area contributed by atoms with Gasteiger partial charge in [-0.2, -0.15) is 4.68 Å². The van der Waals surface area contributed by atoms with Crippen molar-refractivity contribution in [2.45, 2.75) is 5.92 Å². The van der Waals surface area contributed by atoms with Crippen LogP contribution in [-0.2, 0) is 4.74 Å². The Labute approximate surface area is 143 Å². The number of rotatable bonds is 3. The van der Waals surface area contributed by atoms with Crippen molar-refractivity contribution in [3.05, 3.63) is 71.8 Å². The number of hydrogen-bond donors (Lipinski definition) is 3. The fourth-order valence-electron chi connectivity index (χ4n) is 3.25. The molecule has 0 saturated heterocycles. The van der Waals surface area contributed by atoms with Crippen LogP contribution in [0.2, 0.25) is 0 Å². The Hall–Kier alpha value is -3.41.